The predicted molar refractivity (Wildman–Crippen MR) is 37.5 cm³/mol. The van der Waals surface area contributed by atoms with Crippen LogP contribution in [0.1, 0.15) is 34.1 Å². The Hall–Kier alpha value is -0.530. The van der Waals surface area contributed by atoms with Crippen LogP contribution in [0.2, 0.25) is 0 Å². The van der Waals surface area contributed by atoms with Crippen molar-refractivity contribution in [2.45, 2.75) is 39.7 Å². The molecule has 0 unspecified atom stereocenters. The lowest BCUT2D eigenvalue weighted by Gasteiger charge is -2.17. The van der Waals surface area contributed by atoms with Crippen molar-refractivity contribution in [3.8, 4) is 0 Å². The van der Waals surface area contributed by atoms with Crippen LogP contribution in [-0.4, -0.2) is 11.4 Å². The summed E-state index contributed by atoms with van der Waals surface area (Å²) in [6, 6.07) is 0. The molecular formula is C7H14NO-. The monoisotopic (exact) mass is 128 g/mol. The zero-order valence-corrected chi connectivity index (χ0v) is 6.56. The summed E-state index contributed by atoms with van der Waals surface area (Å²) in [5.74, 6) is -0.0116. The minimum Gasteiger partial charge on any atom is -0.862 e. The first-order valence-corrected chi connectivity index (χ1v) is 3.21. The van der Waals surface area contributed by atoms with E-state index in [1.54, 1.807) is 0 Å². The lowest BCUT2D eigenvalue weighted by atomic mass is 10.1. The molecule has 0 bridgehead atoms. The van der Waals surface area contributed by atoms with Crippen LogP contribution >= 0.6 is 0 Å². The first-order chi connectivity index (χ1) is 3.95. The van der Waals surface area contributed by atoms with Gasteiger partial charge in [0.05, 0.1) is 5.54 Å². The molecule has 0 aromatic rings. The second kappa shape index (κ2) is 2.85. The van der Waals surface area contributed by atoms with E-state index >= 15 is 0 Å². The normalized spacial score (nSPS) is 14.0. The Bertz CT molecular complexity index is 111. The maximum atomic E-state index is 10.7. The molecule has 0 spiro atoms. The van der Waals surface area contributed by atoms with Crippen LogP contribution in [0.3, 0.4) is 0 Å². The van der Waals surface area contributed by atoms with Crippen molar-refractivity contribution in [1.82, 2.24) is 0 Å². The zero-order chi connectivity index (χ0) is 7.49. The van der Waals surface area contributed by atoms with Gasteiger partial charge in [-0.05, 0) is 33.1 Å². The van der Waals surface area contributed by atoms with E-state index in [1.807, 2.05) is 27.7 Å². The second-order valence-corrected chi connectivity index (χ2v) is 3.03. The Kier molecular flexibility index (Phi) is 2.68. The average Bonchev–Trinajstić information content (AvgIpc) is 1.62. The van der Waals surface area contributed by atoms with Crippen molar-refractivity contribution >= 4 is 5.90 Å². The Morgan fingerprint density at radius 1 is 1.44 bits per heavy atom. The van der Waals surface area contributed by atoms with Crippen molar-refractivity contribution in [3.63, 3.8) is 0 Å². The van der Waals surface area contributed by atoms with Gasteiger partial charge >= 0.3 is 0 Å². The molecule has 0 atom stereocenters. The largest absolute Gasteiger partial charge is 0.862 e. The lowest BCUT2D eigenvalue weighted by molar-refractivity contribution is -0.219. The smallest absolute Gasteiger partial charge is 0.0513 e. The van der Waals surface area contributed by atoms with Gasteiger partial charge in [0.25, 0.3) is 0 Å². The maximum Gasteiger partial charge on any atom is 0.0513 e. The molecule has 0 saturated heterocycles. The molecule has 0 aromatic heterocycles. The van der Waals surface area contributed by atoms with Crippen LogP contribution in [0, 0.1) is 0 Å². The van der Waals surface area contributed by atoms with E-state index < -0.39 is 0 Å². The Labute approximate surface area is 56.6 Å². The highest BCUT2D eigenvalue weighted by Crippen LogP contribution is 2.05. The second-order valence-electron chi connectivity index (χ2n) is 3.03. The van der Waals surface area contributed by atoms with Gasteiger partial charge < -0.3 is 5.11 Å². The van der Waals surface area contributed by atoms with E-state index in [-0.39, 0.29) is 11.4 Å². The van der Waals surface area contributed by atoms with E-state index in [9.17, 15) is 5.11 Å². The van der Waals surface area contributed by atoms with Gasteiger partial charge in [0.1, 0.15) is 0 Å². The minimum absolute atomic E-state index is 0.0116. The molecule has 9 heavy (non-hydrogen) atoms. The first-order valence-electron chi connectivity index (χ1n) is 3.21. The number of nitrogens with zero attached hydrogens (tertiary/aromatic N) is 1. The molecular weight excluding hydrogens is 114 g/mol. The fourth-order valence-electron chi connectivity index (χ4n) is 0.453. The van der Waals surface area contributed by atoms with Gasteiger partial charge in [-0.1, -0.05) is 6.92 Å². The third-order valence-corrected chi connectivity index (χ3v) is 0.763. The maximum absolute atomic E-state index is 10.7. The highest BCUT2D eigenvalue weighted by molar-refractivity contribution is 5.71. The molecule has 0 heterocycles. The van der Waals surface area contributed by atoms with Crippen molar-refractivity contribution in [2.24, 2.45) is 4.99 Å². The quantitative estimate of drug-likeness (QED) is 0.382. The predicted octanol–water partition coefficient (Wildman–Crippen LogP) is 0.954. The van der Waals surface area contributed by atoms with Crippen molar-refractivity contribution in [3.05, 3.63) is 0 Å². The molecule has 54 valence electrons. The van der Waals surface area contributed by atoms with Gasteiger partial charge in [0.2, 0.25) is 0 Å². The van der Waals surface area contributed by atoms with Gasteiger partial charge in [-0.15, -0.1) is 0 Å². The Balaban J connectivity index is 3.95. The van der Waals surface area contributed by atoms with Crippen LogP contribution in [-0.2, 0) is 0 Å². The van der Waals surface area contributed by atoms with Gasteiger partial charge in [0, 0.05) is 0 Å². The van der Waals surface area contributed by atoms with Crippen molar-refractivity contribution < 1.29 is 5.11 Å². The summed E-state index contributed by atoms with van der Waals surface area (Å²) in [7, 11) is 0. The molecule has 0 rings (SSSR count). The van der Waals surface area contributed by atoms with Crippen LogP contribution in [0.15, 0.2) is 4.99 Å². The summed E-state index contributed by atoms with van der Waals surface area (Å²) in [5, 5.41) is 10.7. The van der Waals surface area contributed by atoms with E-state index in [2.05, 4.69) is 4.99 Å². The number of hydrogen-bond donors (Lipinski definition) is 0. The number of hydrogen-bond acceptors (Lipinski definition) is 2. The lowest BCUT2D eigenvalue weighted by Crippen LogP contribution is -2.22. The molecule has 2 nitrogen and oxygen atoms in total. The molecule has 0 N–H and O–H groups in total. The molecule has 0 radical (unpaired) electrons. The summed E-state index contributed by atoms with van der Waals surface area (Å²) in [4.78, 5) is 3.89. The summed E-state index contributed by atoms with van der Waals surface area (Å²) in [5.41, 5.74) is -0.201. The van der Waals surface area contributed by atoms with Gasteiger partial charge in [0.15, 0.2) is 0 Å². The summed E-state index contributed by atoms with van der Waals surface area (Å²) >= 11 is 0. The van der Waals surface area contributed by atoms with E-state index in [1.165, 1.54) is 0 Å². The average molecular weight is 128 g/mol. The Morgan fingerprint density at radius 2 is 1.89 bits per heavy atom. The Morgan fingerprint density at radius 3 is 2.00 bits per heavy atom. The molecule has 0 saturated carbocycles. The third-order valence-electron chi connectivity index (χ3n) is 0.763. The van der Waals surface area contributed by atoms with Crippen LogP contribution in [0.4, 0.5) is 0 Å². The topological polar surface area (TPSA) is 35.4 Å². The van der Waals surface area contributed by atoms with E-state index in [0.717, 1.165) is 0 Å². The minimum atomic E-state index is -0.201. The standard InChI is InChI=1S/C7H15NO/c1-5-6(9)8-7(2,3)4/h5H2,1-4H3,(H,8,9)/p-1. The van der Waals surface area contributed by atoms with Crippen LogP contribution in [0.5, 0.6) is 0 Å². The summed E-state index contributed by atoms with van der Waals surface area (Å²) in [6.45, 7) is 7.57. The third kappa shape index (κ3) is 5.34. The van der Waals surface area contributed by atoms with Crippen molar-refractivity contribution in [2.75, 3.05) is 0 Å². The first kappa shape index (κ1) is 8.47. The number of rotatable bonds is 1. The fourth-order valence-corrected chi connectivity index (χ4v) is 0.453. The van der Waals surface area contributed by atoms with E-state index in [0.29, 0.717) is 6.42 Å². The zero-order valence-electron chi connectivity index (χ0n) is 6.56. The molecule has 0 aliphatic heterocycles. The van der Waals surface area contributed by atoms with Crippen molar-refractivity contribution in [1.29, 1.82) is 0 Å². The molecule has 0 aromatic carbocycles. The summed E-state index contributed by atoms with van der Waals surface area (Å²) < 4.78 is 0. The summed E-state index contributed by atoms with van der Waals surface area (Å²) in [6.07, 6.45) is 0.511. The SMILES string of the molecule is CCC([O-])=NC(C)(C)C. The fraction of sp³-hybridized carbons (Fsp3) is 0.857. The molecule has 0 aliphatic carbocycles. The van der Waals surface area contributed by atoms with Gasteiger partial charge in [-0.3, -0.25) is 4.99 Å². The molecule has 0 fully saturated rings. The highest BCUT2D eigenvalue weighted by Gasteiger charge is 2.04. The number of aliphatic imine (C=N–C) groups is 1. The van der Waals surface area contributed by atoms with Crippen LogP contribution in [0.25, 0.3) is 0 Å². The highest BCUT2D eigenvalue weighted by atomic mass is 16.3. The van der Waals surface area contributed by atoms with E-state index in [4.69, 9.17) is 0 Å². The molecule has 2 heteroatoms. The molecule has 0 aliphatic rings. The van der Waals surface area contributed by atoms with Gasteiger partial charge in [-0.2, -0.15) is 0 Å². The van der Waals surface area contributed by atoms with Crippen LogP contribution < -0.4 is 5.11 Å². The molecule has 0 amide bonds. The van der Waals surface area contributed by atoms with Gasteiger partial charge in [-0.25, -0.2) is 0 Å².